The summed E-state index contributed by atoms with van der Waals surface area (Å²) in [6, 6.07) is 0. The Labute approximate surface area is 60.6 Å². The molecule has 0 saturated carbocycles. The van der Waals surface area contributed by atoms with Crippen molar-refractivity contribution in [1.82, 2.24) is 5.32 Å². The van der Waals surface area contributed by atoms with E-state index in [0.29, 0.717) is 12.3 Å². The van der Waals surface area contributed by atoms with Crippen molar-refractivity contribution >= 4 is 12.0 Å². The number of carbonyl (C=O) groups is 1. The van der Waals surface area contributed by atoms with Crippen LogP contribution < -0.4 is 5.32 Å². The van der Waals surface area contributed by atoms with E-state index < -0.39 is 0 Å². The molecular weight excluding hydrogens is 128 g/mol. The molecule has 0 unspecified atom stereocenters. The highest BCUT2D eigenvalue weighted by Crippen LogP contribution is 1.85. The van der Waals surface area contributed by atoms with Gasteiger partial charge in [-0.15, -0.1) is 0 Å². The van der Waals surface area contributed by atoms with Crippen LogP contribution in [0.5, 0.6) is 0 Å². The summed E-state index contributed by atoms with van der Waals surface area (Å²) in [7, 11) is 0. The van der Waals surface area contributed by atoms with Gasteiger partial charge in [-0.3, -0.25) is 0 Å². The third kappa shape index (κ3) is 5.03. The summed E-state index contributed by atoms with van der Waals surface area (Å²) in [5, 5.41) is 9.87. The van der Waals surface area contributed by atoms with Crippen LogP contribution >= 0.6 is 0 Å². The standard InChI is InChI=1S/C7H12N2O/c1-6(8)5-7(2)9-3-4-10/h4-5,8-9H,3H2,1-2H3/b7-5-,8-6?. The van der Waals surface area contributed by atoms with Crippen molar-refractivity contribution in [3.63, 3.8) is 0 Å². The molecule has 0 fully saturated rings. The zero-order chi connectivity index (χ0) is 7.98. The van der Waals surface area contributed by atoms with Crippen LogP contribution in [-0.4, -0.2) is 18.5 Å². The molecule has 0 aliphatic carbocycles. The van der Waals surface area contributed by atoms with Gasteiger partial charge in [-0.25, -0.2) is 0 Å². The Bertz CT molecular complexity index is 161. The molecule has 0 bridgehead atoms. The quantitative estimate of drug-likeness (QED) is 0.446. The molecule has 56 valence electrons. The molecule has 3 nitrogen and oxygen atoms in total. The summed E-state index contributed by atoms with van der Waals surface area (Å²) < 4.78 is 0. The molecular formula is C7H12N2O. The summed E-state index contributed by atoms with van der Waals surface area (Å²) in [6.07, 6.45) is 2.46. The topological polar surface area (TPSA) is 53.0 Å². The van der Waals surface area contributed by atoms with E-state index >= 15 is 0 Å². The molecule has 0 atom stereocenters. The molecule has 0 saturated heterocycles. The lowest BCUT2D eigenvalue weighted by Crippen LogP contribution is -2.14. The van der Waals surface area contributed by atoms with Crippen LogP contribution in [0, 0.1) is 5.41 Å². The Hall–Kier alpha value is -1.12. The van der Waals surface area contributed by atoms with E-state index in [0.717, 1.165) is 12.0 Å². The van der Waals surface area contributed by atoms with Crippen LogP contribution in [0.2, 0.25) is 0 Å². The Balaban J connectivity index is 3.70. The number of hydrogen-bond acceptors (Lipinski definition) is 3. The number of carbonyl (C=O) groups excluding carboxylic acids is 1. The summed E-state index contributed by atoms with van der Waals surface area (Å²) in [4.78, 5) is 9.85. The largest absolute Gasteiger partial charge is 0.382 e. The lowest BCUT2D eigenvalue weighted by atomic mass is 10.3. The fourth-order valence-electron chi connectivity index (χ4n) is 0.578. The molecule has 10 heavy (non-hydrogen) atoms. The van der Waals surface area contributed by atoms with Crippen LogP contribution in [0.1, 0.15) is 13.8 Å². The Kier molecular flexibility index (Phi) is 4.20. The van der Waals surface area contributed by atoms with E-state index in [4.69, 9.17) is 5.41 Å². The van der Waals surface area contributed by atoms with E-state index in [1.807, 2.05) is 6.92 Å². The Morgan fingerprint density at radius 2 is 2.20 bits per heavy atom. The molecule has 0 heterocycles. The second kappa shape index (κ2) is 4.73. The molecule has 0 spiro atoms. The monoisotopic (exact) mass is 140 g/mol. The minimum Gasteiger partial charge on any atom is -0.382 e. The highest BCUT2D eigenvalue weighted by Gasteiger charge is 1.85. The van der Waals surface area contributed by atoms with Crippen molar-refractivity contribution in [2.75, 3.05) is 6.54 Å². The van der Waals surface area contributed by atoms with Gasteiger partial charge in [-0.05, 0) is 19.9 Å². The summed E-state index contributed by atoms with van der Waals surface area (Å²) in [5.41, 5.74) is 1.33. The maximum atomic E-state index is 9.85. The second-order valence-electron chi connectivity index (χ2n) is 2.06. The van der Waals surface area contributed by atoms with Crippen molar-refractivity contribution in [3.8, 4) is 0 Å². The number of hydrogen-bond donors (Lipinski definition) is 2. The van der Waals surface area contributed by atoms with Crippen LogP contribution in [0.4, 0.5) is 0 Å². The van der Waals surface area contributed by atoms with Crippen molar-refractivity contribution in [3.05, 3.63) is 11.8 Å². The first-order chi connectivity index (χ1) is 4.66. The van der Waals surface area contributed by atoms with Gasteiger partial charge in [0.25, 0.3) is 0 Å². The van der Waals surface area contributed by atoms with Gasteiger partial charge in [0.1, 0.15) is 6.29 Å². The van der Waals surface area contributed by atoms with Crippen LogP contribution in [0.15, 0.2) is 11.8 Å². The van der Waals surface area contributed by atoms with Gasteiger partial charge in [-0.2, -0.15) is 0 Å². The first-order valence-electron chi connectivity index (χ1n) is 3.07. The first kappa shape index (κ1) is 8.88. The van der Waals surface area contributed by atoms with E-state index in [1.54, 1.807) is 13.0 Å². The Morgan fingerprint density at radius 3 is 2.60 bits per heavy atom. The van der Waals surface area contributed by atoms with E-state index in [9.17, 15) is 4.79 Å². The third-order valence-corrected chi connectivity index (χ3v) is 0.897. The molecule has 0 aliphatic heterocycles. The minimum absolute atomic E-state index is 0.315. The highest BCUT2D eigenvalue weighted by atomic mass is 16.1. The Morgan fingerprint density at radius 1 is 1.60 bits per heavy atom. The summed E-state index contributed by atoms with van der Waals surface area (Å²) in [6.45, 7) is 3.82. The van der Waals surface area contributed by atoms with Crippen LogP contribution in [0.25, 0.3) is 0 Å². The minimum atomic E-state index is 0.315. The smallest absolute Gasteiger partial charge is 0.139 e. The van der Waals surface area contributed by atoms with E-state index in [1.165, 1.54) is 0 Å². The van der Waals surface area contributed by atoms with E-state index in [2.05, 4.69) is 5.32 Å². The zero-order valence-corrected chi connectivity index (χ0v) is 6.27. The van der Waals surface area contributed by atoms with Gasteiger partial charge >= 0.3 is 0 Å². The summed E-state index contributed by atoms with van der Waals surface area (Å²) in [5.74, 6) is 0. The predicted octanol–water partition coefficient (Wildman–Crippen LogP) is 0.718. The number of nitrogens with one attached hydrogen (secondary N) is 2. The number of rotatable bonds is 4. The predicted molar refractivity (Wildman–Crippen MR) is 41.2 cm³/mol. The molecule has 3 heteroatoms. The van der Waals surface area contributed by atoms with Gasteiger partial charge in [0, 0.05) is 11.4 Å². The maximum absolute atomic E-state index is 9.85. The normalized spacial score (nSPS) is 10.8. The van der Waals surface area contributed by atoms with E-state index in [-0.39, 0.29) is 0 Å². The fourth-order valence-corrected chi connectivity index (χ4v) is 0.578. The van der Waals surface area contributed by atoms with Gasteiger partial charge in [0.15, 0.2) is 0 Å². The van der Waals surface area contributed by atoms with Gasteiger partial charge in [-0.1, -0.05) is 0 Å². The molecule has 0 amide bonds. The van der Waals surface area contributed by atoms with Crippen molar-refractivity contribution in [1.29, 1.82) is 5.41 Å². The molecule has 0 rings (SSSR count). The average molecular weight is 140 g/mol. The molecule has 0 aromatic heterocycles. The maximum Gasteiger partial charge on any atom is 0.139 e. The zero-order valence-electron chi connectivity index (χ0n) is 6.27. The van der Waals surface area contributed by atoms with Crippen LogP contribution in [-0.2, 0) is 4.79 Å². The van der Waals surface area contributed by atoms with Crippen LogP contribution in [0.3, 0.4) is 0 Å². The highest BCUT2D eigenvalue weighted by molar-refractivity contribution is 5.90. The second-order valence-corrected chi connectivity index (χ2v) is 2.06. The van der Waals surface area contributed by atoms with Crippen molar-refractivity contribution in [2.45, 2.75) is 13.8 Å². The lowest BCUT2D eigenvalue weighted by Gasteiger charge is -1.99. The first-order valence-corrected chi connectivity index (χ1v) is 3.07. The molecule has 0 aromatic carbocycles. The summed E-state index contributed by atoms with van der Waals surface area (Å²) >= 11 is 0. The number of aldehydes is 1. The van der Waals surface area contributed by atoms with Gasteiger partial charge in [0.05, 0.1) is 6.54 Å². The van der Waals surface area contributed by atoms with Crippen molar-refractivity contribution < 1.29 is 4.79 Å². The lowest BCUT2D eigenvalue weighted by molar-refractivity contribution is -0.107. The van der Waals surface area contributed by atoms with Gasteiger partial charge in [0.2, 0.25) is 0 Å². The average Bonchev–Trinajstić information content (AvgIpc) is 1.82. The van der Waals surface area contributed by atoms with Crippen molar-refractivity contribution in [2.24, 2.45) is 0 Å². The number of allylic oxidation sites excluding steroid dienone is 2. The SMILES string of the molecule is CC(=N)/C=C(/C)NCC=O. The molecule has 0 aliphatic rings. The molecule has 0 aromatic rings. The third-order valence-electron chi connectivity index (χ3n) is 0.897. The molecule has 0 radical (unpaired) electrons. The fraction of sp³-hybridized carbons (Fsp3) is 0.429. The molecule has 2 N–H and O–H groups in total. The van der Waals surface area contributed by atoms with Gasteiger partial charge < -0.3 is 15.5 Å².